The molecule has 0 spiro atoms. The number of carbonyl (C=O) groups excluding carboxylic acids is 2. The van der Waals surface area contributed by atoms with E-state index in [0.717, 1.165) is 11.1 Å². The van der Waals surface area contributed by atoms with E-state index in [1.54, 1.807) is 24.3 Å². The Hall–Kier alpha value is -3.10. The van der Waals surface area contributed by atoms with Crippen LogP contribution in [0, 0.1) is 24.7 Å². The van der Waals surface area contributed by atoms with Gasteiger partial charge >= 0.3 is 0 Å². The normalized spacial score (nSPS) is 8.73. The van der Waals surface area contributed by atoms with Gasteiger partial charge in [-0.25, -0.2) is 0 Å². The Morgan fingerprint density at radius 2 is 1.14 bits per heavy atom. The molecule has 2 rings (SSSR count). The lowest BCUT2D eigenvalue weighted by Gasteiger charge is -1.97. The van der Waals surface area contributed by atoms with Gasteiger partial charge in [-0.2, -0.15) is 0 Å². The van der Waals surface area contributed by atoms with Crippen molar-refractivity contribution in [3.8, 4) is 24.7 Å². The standard InChI is InChI=1S/C10H10O2.C10H6/c1-7(11)9-4-3-5-10(6-9)8(2)12;1-3-9-5-7-10(4-2)8-6-9/h3-6H,1-2H3;1-2,5-8H. The quantitative estimate of drug-likeness (QED) is 0.623. The zero-order valence-electron chi connectivity index (χ0n) is 12.6. The van der Waals surface area contributed by atoms with Crippen LogP contribution in [0.5, 0.6) is 0 Å². The van der Waals surface area contributed by atoms with E-state index in [0.29, 0.717) is 11.1 Å². The Bertz CT molecular complexity index is 691. The summed E-state index contributed by atoms with van der Waals surface area (Å²) in [5.74, 6) is 4.99. The topological polar surface area (TPSA) is 34.1 Å². The zero-order valence-corrected chi connectivity index (χ0v) is 12.6. The summed E-state index contributed by atoms with van der Waals surface area (Å²) in [6, 6.07) is 14.1. The van der Waals surface area contributed by atoms with Crippen molar-refractivity contribution in [3.05, 3.63) is 70.8 Å². The first-order valence-electron chi connectivity index (χ1n) is 6.63. The van der Waals surface area contributed by atoms with Gasteiger partial charge in [0.1, 0.15) is 0 Å². The molecule has 0 saturated heterocycles. The molecule has 0 aliphatic carbocycles. The predicted molar refractivity (Wildman–Crippen MR) is 88.8 cm³/mol. The Balaban J connectivity index is 0.000000224. The molecule has 108 valence electrons. The van der Waals surface area contributed by atoms with Gasteiger partial charge < -0.3 is 0 Å². The van der Waals surface area contributed by atoms with Crippen LogP contribution in [0.25, 0.3) is 0 Å². The number of terminal acetylenes is 2. The van der Waals surface area contributed by atoms with E-state index < -0.39 is 0 Å². The summed E-state index contributed by atoms with van der Waals surface area (Å²) >= 11 is 0. The number of hydrogen-bond donors (Lipinski definition) is 0. The molecular weight excluding hydrogens is 272 g/mol. The minimum atomic E-state index is -0.0156. The SMILES string of the molecule is C#Cc1ccc(C#C)cc1.CC(=O)c1cccc(C(C)=O)c1. The van der Waals surface area contributed by atoms with Crippen molar-refractivity contribution in [2.24, 2.45) is 0 Å². The molecule has 0 atom stereocenters. The Kier molecular flexibility index (Phi) is 6.35. The number of carbonyl (C=O) groups is 2. The lowest BCUT2D eigenvalue weighted by atomic mass is 10.1. The average Bonchev–Trinajstić information content (AvgIpc) is 2.55. The molecule has 0 radical (unpaired) electrons. The van der Waals surface area contributed by atoms with Crippen molar-refractivity contribution >= 4 is 11.6 Å². The highest BCUT2D eigenvalue weighted by Gasteiger charge is 2.02. The average molecular weight is 288 g/mol. The smallest absolute Gasteiger partial charge is 0.159 e. The van der Waals surface area contributed by atoms with Crippen molar-refractivity contribution in [3.63, 3.8) is 0 Å². The van der Waals surface area contributed by atoms with Gasteiger partial charge in [-0.3, -0.25) is 9.59 Å². The lowest BCUT2D eigenvalue weighted by Crippen LogP contribution is -1.96. The van der Waals surface area contributed by atoms with E-state index in [2.05, 4.69) is 11.8 Å². The van der Waals surface area contributed by atoms with Crippen LogP contribution in [0.2, 0.25) is 0 Å². The van der Waals surface area contributed by atoms with E-state index in [1.807, 2.05) is 24.3 Å². The first-order chi connectivity index (χ1) is 10.5. The summed E-state index contributed by atoms with van der Waals surface area (Å²) in [6.45, 7) is 2.97. The highest BCUT2D eigenvalue weighted by Crippen LogP contribution is 2.06. The molecule has 0 fully saturated rings. The third-order valence-electron chi connectivity index (χ3n) is 2.89. The fourth-order valence-corrected chi connectivity index (χ4v) is 1.62. The van der Waals surface area contributed by atoms with Crippen LogP contribution >= 0.6 is 0 Å². The van der Waals surface area contributed by atoms with Gasteiger partial charge in [0, 0.05) is 22.3 Å². The maximum atomic E-state index is 10.9. The second kappa shape index (κ2) is 8.25. The molecule has 0 aliphatic rings. The molecule has 0 aliphatic heterocycles. The van der Waals surface area contributed by atoms with Gasteiger partial charge in [0.2, 0.25) is 0 Å². The third kappa shape index (κ3) is 5.12. The summed E-state index contributed by atoms with van der Waals surface area (Å²) < 4.78 is 0. The van der Waals surface area contributed by atoms with Crippen LogP contribution in [0.15, 0.2) is 48.5 Å². The first-order valence-corrected chi connectivity index (χ1v) is 6.63. The molecule has 0 saturated carbocycles. The van der Waals surface area contributed by atoms with Crippen LogP contribution < -0.4 is 0 Å². The van der Waals surface area contributed by atoms with Gasteiger partial charge in [-0.05, 0) is 44.2 Å². The molecule has 0 aromatic heterocycles. The summed E-state index contributed by atoms with van der Waals surface area (Å²) in [7, 11) is 0. The molecule has 22 heavy (non-hydrogen) atoms. The minimum Gasteiger partial charge on any atom is -0.295 e. The maximum Gasteiger partial charge on any atom is 0.159 e. The van der Waals surface area contributed by atoms with Crippen molar-refractivity contribution in [2.75, 3.05) is 0 Å². The fraction of sp³-hybridized carbons (Fsp3) is 0.100. The molecule has 0 N–H and O–H groups in total. The second-order valence-electron chi connectivity index (χ2n) is 4.56. The highest BCUT2D eigenvalue weighted by molar-refractivity contribution is 5.99. The first kappa shape index (κ1) is 17.0. The molecular formula is C20H16O2. The summed E-state index contributed by atoms with van der Waals surface area (Å²) in [4.78, 5) is 21.8. The van der Waals surface area contributed by atoms with Gasteiger partial charge in [0.05, 0.1) is 0 Å². The molecule has 2 heteroatoms. The second-order valence-corrected chi connectivity index (χ2v) is 4.56. The number of ketones is 2. The Labute approximate surface area is 131 Å². The number of rotatable bonds is 2. The van der Waals surface area contributed by atoms with Gasteiger partial charge in [0.25, 0.3) is 0 Å². The fourth-order valence-electron chi connectivity index (χ4n) is 1.62. The van der Waals surface area contributed by atoms with Gasteiger partial charge in [0.15, 0.2) is 11.6 Å². The minimum absolute atomic E-state index is 0.0156. The van der Waals surface area contributed by atoms with E-state index in [4.69, 9.17) is 12.8 Å². The molecule has 2 aromatic rings. The van der Waals surface area contributed by atoms with Crippen molar-refractivity contribution < 1.29 is 9.59 Å². The predicted octanol–water partition coefficient (Wildman–Crippen LogP) is 3.74. The van der Waals surface area contributed by atoms with Crippen molar-refractivity contribution in [2.45, 2.75) is 13.8 Å². The van der Waals surface area contributed by atoms with E-state index in [9.17, 15) is 9.59 Å². The summed E-state index contributed by atoms with van der Waals surface area (Å²) in [5.41, 5.74) is 2.89. The molecule has 2 aromatic carbocycles. The van der Waals surface area contributed by atoms with Crippen LogP contribution in [0.4, 0.5) is 0 Å². The van der Waals surface area contributed by atoms with E-state index in [1.165, 1.54) is 13.8 Å². The van der Waals surface area contributed by atoms with Gasteiger partial charge in [-0.1, -0.05) is 30.0 Å². The molecule has 0 unspecified atom stereocenters. The number of benzene rings is 2. The van der Waals surface area contributed by atoms with Crippen LogP contribution in [0.3, 0.4) is 0 Å². The number of hydrogen-bond acceptors (Lipinski definition) is 2. The van der Waals surface area contributed by atoms with E-state index in [-0.39, 0.29) is 11.6 Å². The zero-order chi connectivity index (χ0) is 16.5. The Morgan fingerprint density at radius 1 is 0.773 bits per heavy atom. The summed E-state index contributed by atoms with van der Waals surface area (Å²) in [6.07, 6.45) is 10.3. The van der Waals surface area contributed by atoms with Crippen molar-refractivity contribution in [1.82, 2.24) is 0 Å². The van der Waals surface area contributed by atoms with Crippen LogP contribution in [-0.4, -0.2) is 11.6 Å². The lowest BCUT2D eigenvalue weighted by molar-refractivity contribution is 0.101. The highest BCUT2D eigenvalue weighted by atomic mass is 16.1. The van der Waals surface area contributed by atoms with Crippen LogP contribution in [-0.2, 0) is 0 Å². The van der Waals surface area contributed by atoms with E-state index >= 15 is 0 Å². The molecule has 2 nitrogen and oxygen atoms in total. The third-order valence-corrected chi connectivity index (χ3v) is 2.89. The Morgan fingerprint density at radius 3 is 1.41 bits per heavy atom. The molecule has 0 amide bonds. The maximum absolute atomic E-state index is 10.9. The van der Waals surface area contributed by atoms with Gasteiger partial charge in [-0.15, -0.1) is 12.8 Å². The number of Topliss-reactive ketones (excluding diaryl/α,β-unsaturated/α-hetero) is 2. The molecule has 0 bridgehead atoms. The van der Waals surface area contributed by atoms with Crippen molar-refractivity contribution in [1.29, 1.82) is 0 Å². The largest absolute Gasteiger partial charge is 0.295 e. The van der Waals surface area contributed by atoms with Crippen LogP contribution in [0.1, 0.15) is 45.7 Å². The summed E-state index contributed by atoms with van der Waals surface area (Å²) in [5, 5.41) is 0. The monoisotopic (exact) mass is 288 g/mol. The molecule has 0 heterocycles.